The van der Waals surface area contributed by atoms with Gasteiger partial charge in [-0.1, -0.05) is 36.8 Å². The first-order valence-electron chi connectivity index (χ1n) is 10.5. The quantitative estimate of drug-likeness (QED) is 0.675. The highest BCUT2D eigenvalue weighted by Crippen LogP contribution is 2.41. The highest BCUT2D eigenvalue weighted by atomic mass is 16.5. The Hall–Kier alpha value is -3.12. The van der Waals surface area contributed by atoms with Gasteiger partial charge in [0, 0.05) is 18.7 Å². The molecule has 6 nitrogen and oxygen atoms in total. The van der Waals surface area contributed by atoms with Crippen LogP contribution < -0.4 is 10.1 Å². The number of likely N-dealkylation sites (N-methyl/N-ethyl adjacent to an activating group) is 1. The lowest BCUT2D eigenvalue weighted by molar-refractivity contribution is 0.0885. The molecule has 0 radical (unpaired) electrons. The second-order valence-electron chi connectivity index (χ2n) is 8.47. The fraction of sp³-hybridized carbons (Fsp3) is 0.333. The maximum Gasteiger partial charge on any atom is 0.269 e. The number of benzene rings is 2. The van der Waals surface area contributed by atoms with Gasteiger partial charge in [0.05, 0.1) is 11.2 Å². The number of hydrogen-bond acceptors (Lipinski definition) is 4. The van der Waals surface area contributed by atoms with Crippen molar-refractivity contribution in [1.29, 1.82) is 0 Å². The van der Waals surface area contributed by atoms with Crippen LogP contribution in [-0.2, 0) is 0 Å². The maximum absolute atomic E-state index is 13.0. The standard InChI is InChI=1S/C24H26N4O2/c1-28-15-17-8-7-13-24(17,16-28)25-23(29)21-14-20(26-27-21)19-11-5-6-12-22(19)30-18-9-3-2-4-10-18/h2-6,9-12,14,17H,7-8,13,15-16H2,1H3,(H,25,29)(H,26,27)/t17-,24-/m0/s1. The smallest absolute Gasteiger partial charge is 0.269 e. The molecule has 30 heavy (non-hydrogen) atoms. The van der Waals surface area contributed by atoms with E-state index in [0.717, 1.165) is 30.8 Å². The zero-order valence-electron chi connectivity index (χ0n) is 17.1. The van der Waals surface area contributed by atoms with Crippen LogP contribution in [0.3, 0.4) is 0 Å². The summed E-state index contributed by atoms with van der Waals surface area (Å²) in [5.74, 6) is 1.91. The van der Waals surface area contributed by atoms with Gasteiger partial charge in [0.15, 0.2) is 0 Å². The van der Waals surface area contributed by atoms with E-state index in [1.165, 1.54) is 12.8 Å². The Morgan fingerprint density at radius 3 is 2.87 bits per heavy atom. The molecule has 1 aliphatic carbocycles. The third kappa shape index (κ3) is 3.48. The number of hydrogen-bond donors (Lipinski definition) is 2. The Kier molecular flexibility index (Phi) is 4.79. The van der Waals surface area contributed by atoms with Crippen molar-refractivity contribution in [1.82, 2.24) is 20.4 Å². The van der Waals surface area contributed by atoms with Gasteiger partial charge in [-0.25, -0.2) is 0 Å². The van der Waals surface area contributed by atoms with Crippen molar-refractivity contribution >= 4 is 5.91 Å². The first-order valence-corrected chi connectivity index (χ1v) is 10.5. The Morgan fingerprint density at radius 2 is 2.00 bits per heavy atom. The van der Waals surface area contributed by atoms with E-state index < -0.39 is 0 Å². The molecule has 2 N–H and O–H groups in total. The highest BCUT2D eigenvalue weighted by Gasteiger charge is 2.49. The number of amides is 1. The van der Waals surface area contributed by atoms with Gasteiger partial charge < -0.3 is 15.0 Å². The zero-order chi connectivity index (χ0) is 20.6. The van der Waals surface area contributed by atoms with E-state index in [9.17, 15) is 4.79 Å². The van der Waals surface area contributed by atoms with E-state index in [-0.39, 0.29) is 11.4 Å². The summed E-state index contributed by atoms with van der Waals surface area (Å²) in [7, 11) is 2.13. The first-order chi connectivity index (χ1) is 14.6. The summed E-state index contributed by atoms with van der Waals surface area (Å²) in [5, 5.41) is 10.7. The van der Waals surface area contributed by atoms with Crippen LogP contribution >= 0.6 is 0 Å². The molecule has 2 aromatic carbocycles. The summed E-state index contributed by atoms with van der Waals surface area (Å²) in [6, 6.07) is 19.2. The molecule has 2 atom stereocenters. The molecule has 3 aromatic rings. The van der Waals surface area contributed by atoms with E-state index in [4.69, 9.17) is 4.74 Å². The van der Waals surface area contributed by atoms with Gasteiger partial charge in [-0.05, 0) is 56.1 Å². The molecule has 1 aromatic heterocycles. The monoisotopic (exact) mass is 402 g/mol. The van der Waals surface area contributed by atoms with Gasteiger partial charge in [-0.3, -0.25) is 9.89 Å². The molecule has 5 rings (SSSR count). The fourth-order valence-corrected chi connectivity index (χ4v) is 5.00. The molecule has 1 aliphatic heterocycles. The van der Waals surface area contributed by atoms with E-state index in [1.54, 1.807) is 0 Å². The first kappa shape index (κ1) is 18.9. The van der Waals surface area contributed by atoms with E-state index in [0.29, 0.717) is 23.1 Å². The Balaban J connectivity index is 1.37. The number of nitrogens with one attached hydrogen (secondary N) is 2. The molecule has 1 saturated carbocycles. The number of aromatic nitrogens is 2. The average molecular weight is 402 g/mol. The van der Waals surface area contributed by atoms with Gasteiger partial charge >= 0.3 is 0 Å². The van der Waals surface area contributed by atoms with Crippen LogP contribution in [0.1, 0.15) is 29.8 Å². The number of fused-ring (bicyclic) bond motifs is 1. The van der Waals surface area contributed by atoms with Gasteiger partial charge in [0.1, 0.15) is 17.2 Å². The number of para-hydroxylation sites is 2. The highest BCUT2D eigenvalue weighted by molar-refractivity contribution is 5.94. The van der Waals surface area contributed by atoms with Crippen LogP contribution in [0.2, 0.25) is 0 Å². The van der Waals surface area contributed by atoms with E-state index >= 15 is 0 Å². The number of rotatable bonds is 5. The van der Waals surface area contributed by atoms with Crippen LogP contribution in [0.15, 0.2) is 60.7 Å². The van der Waals surface area contributed by atoms with Crippen LogP contribution in [0, 0.1) is 5.92 Å². The van der Waals surface area contributed by atoms with Crippen LogP contribution in [0.25, 0.3) is 11.3 Å². The molecule has 154 valence electrons. The summed E-state index contributed by atoms with van der Waals surface area (Å²) in [6.45, 7) is 1.97. The maximum atomic E-state index is 13.0. The summed E-state index contributed by atoms with van der Waals surface area (Å²) in [4.78, 5) is 15.4. The van der Waals surface area contributed by atoms with Gasteiger partial charge in [-0.15, -0.1) is 0 Å². The molecule has 2 heterocycles. The van der Waals surface area contributed by atoms with Crippen LogP contribution in [0.5, 0.6) is 11.5 Å². The Labute approximate surface area is 176 Å². The lowest BCUT2D eigenvalue weighted by Gasteiger charge is -2.30. The second-order valence-corrected chi connectivity index (χ2v) is 8.47. The summed E-state index contributed by atoms with van der Waals surface area (Å²) < 4.78 is 6.05. The molecule has 1 saturated heterocycles. The van der Waals surface area contributed by atoms with Crippen molar-refractivity contribution in [2.45, 2.75) is 24.8 Å². The van der Waals surface area contributed by atoms with Crippen molar-refractivity contribution in [2.24, 2.45) is 5.92 Å². The number of ether oxygens (including phenoxy) is 1. The van der Waals surface area contributed by atoms with Crippen molar-refractivity contribution in [2.75, 3.05) is 20.1 Å². The Morgan fingerprint density at radius 1 is 1.20 bits per heavy atom. The molecule has 0 unspecified atom stereocenters. The van der Waals surface area contributed by atoms with E-state index in [1.807, 2.05) is 60.7 Å². The minimum atomic E-state index is -0.106. The lowest BCUT2D eigenvalue weighted by atomic mass is 9.90. The number of nitrogens with zero attached hydrogens (tertiary/aromatic N) is 2. The SMILES string of the molecule is CN1C[C@@H]2CCC[C@]2(NC(=O)c2cc(-c3ccccc3Oc3ccccc3)n[nH]2)C1. The third-order valence-electron chi connectivity index (χ3n) is 6.36. The van der Waals surface area contributed by atoms with Crippen LogP contribution in [-0.4, -0.2) is 46.7 Å². The second kappa shape index (κ2) is 7.61. The minimum absolute atomic E-state index is 0.0857. The van der Waals surface area contributed by atoms with Crippen LogP contribution in [0.4, 0.5) is 0 Å². The predicted molar refractivity (Wildman–Crippen MR) is 116 cm³/mol. The van der Waals surface area contributed by atoms with Crippen molar-refractivity contribution in [3.63, 3.8) is 0 Å². The van der Waals surface area contributed by atoms with Gasteiger partial charge in [0.2, 0.25) is 0 Å². The summed E-state index contributed by atoms with van der Waals surface area (Å²) >= 11 is 0. The van der Waals surface area contributed by atoms with Crippen molar-refractivity contribution < 1.29 is 9.53 Å². The predicted octanol–water partition coefficient (Wildman–Crippen LogP) is 4.08. The average Bonchev–Trinajstić information content (AvgIpc) is 3.43. The largest absolute Gasteiger partial charge is 0.457 e. The molecule has 0 spiro atoms. The topological polar surface area (TPSA) is 70.2 Å². The molecule has 2 fully saturated rings. The Bertz CT molecular complexity index is 1050. The normalized spacial score (nSPS) is 23.3. The molecule has 1 amide bonds. The fourth-order valence-electron chi connectivity index (χ4n) is 5.00. The molecular formula is C24H26N4O2. The molecule has 2 aliphatic rings. The number of likely N-dealkylation sites (tertiary alicyclic amines) is 1. The number of aromatic amines is 1. The van der Waals surface area contributed by atoms with Crippen molar-refractivity contribution in [3.05, 3.63) is 66.4 Å². The number of carbonyl (C=O) groups is 1. The lowest BCUT2D eigenvalue weighted by Crippen LogP contribution is -2.51. The number of H-pyrrole nitrogens is 1. The molecule has 0 bridgehead atoms. The molecule has 6 heteroatoms. The van der Waals surface area contributed by atoms with Crippen molar-refractivity contribution in [3.8, 4) is 22.8 Å². The zero-order valence-corrected chi connectivity index (χ0v) is 17.1. The van der Waals surface area contributed by atoms with Gasteiger partial charge in [-0.2, -0.15) is 5.10 Å². The number of carbonyl (C=O) groups excluding carboxylic acids is 1. The molecular weight excluding hydrogens is 376 g/mol. The van der Waals surface area contributed by atoms with E-state index in [2.05, 4.69) is 27.5 Å². The van der Waals surface area contributed by atoms with Gasteiger partial charge in [0.25, 0.3) is 5.91 Å². The minimum Gasteiger partial charge on any atom is -0.457 e. The third-order valence-corrected chi connectivity index (χ3v) is 6.36. The summed E-state index contributed by atoms with van der Waals surface area (Å²) in [6.07, 6.45) is 3.41. The summed E-state index contributed by atoms with van der Waals surface area (Å²) in [5.41, 5.74) is 1.91.